The van der Waals surface area contributed by atoms with Gasteiger partial charge in [-0.1, -0.05) is 42.5 Å². The molecule has 2 amide bonds. The van der Waals surface area contributed by atoms with Crippen LogP contribution in [0.5, 0.6) is 5.75 Å². The van der Waals surface area contributed by atoms with Crippen LogP contribution in [0.1, 0.15) is 15.9 Å². The molecular weight excluding hydrogens is 372 g/mol. The van der Waals surface area contributed by atoms with E-state index in [1.54, 1.807) is 36.0 Å². The number of carbonyl (C=O) groups is 2. The minimum atomic E-state index is -0.506. The molecular formula is C22H20N2O3S. The maximum absolute atomic E-state index is 12.3. The van der Waals surface area contributed by atoms with E-state index in [-0.39, 0.29) is 12.5 Å². The Morgan fingerprint density at radius 2 is 1.57 bits per heavy atom. The van der Waals surface area contributed by atoms with E-state index in [0.717, 1.165) is 16.3 Å². The van der Waals surface area contributed by atoms with Gasteiger partial charge in [0.15, 0.2) is 6.61 Å². The average molecular weight is 392 g/mol. The monoisotopic (exact) mass is 392 g/mol. The first-order valence-corrected chi connectivity index (χ1v) is 9.68. The van der Waals surface area contributed by atoms with Crippen molar-refractivity contribution in [2.45, 2.75) is 10.6 Å². The standard InChI is InChI=1S/C22H20N2O3S/c23-22(26)17-10-12-18(13-11-17)27-14-21(25)24-19-8-4-5-9-20(19)28-15-16-6-2-1-3-7-16/h1-13H,14-15H2,(H2,23,26)(H,24,25). The lowest BCUT2D eigenvalue weighted by atomic mass is 10.2. The lowest BCUT2D eigenvalue weighted by molar-refractivity contribution is -0.118. The van der Waals surface area contributed by atoms with Crippen molar-refractivity contribution in [3.8, 4) is 5.75 Å². The van der Waals surface area contributed by atoms with Crippen molar-refractivity contribution in [1.82, 2.24) is 0 Å². The van der Waals surface area contributed by atoms with Crippen LogP contribution in [0.2, 0.25) is 0 Å². The van der Waals surface area contributed by atoms with Crippen LogP contribution in [-0.2, 0) is 10.5 Å². The van der Waals surface area contributed by atoms with Crippen molar-refractivity contribution in [2.75, 3.05) is 11.9 Å². The number of rotatable bonds is 8. The minimum Gasteiger partial charge on any atom is -0.484 e. The molecule has 0 radical (unpaired) electrons. The Balaban J connectivity index is 1.55. The molecule has 3 N–H and O–H groups in total. The van der Waals surface area contributed by atoms with Gasteiger partial charge in [0.2, 0.25) is 5.91 Å². The highest BCUT2D eigenvalue weighted by Crippen LogP contribution is 2.29. The molecule has 0 fully saturated rings. The second-order valence-electron chi connectivity index (χ2n) is 6.00. The molecule has 28 heavy (non-hydrogen) atoms. The van der Waals surface area contributed by atoms with Gasteiger partial charge >= 0.3 is 0 Å². The molecule has 5 nitrogen and oxygen atoms in total. The van der Waals surface area contributed by atoms with Crippen LogP contribution in [0.3, 0.4) is 0 Å². The SMILES string of the molecule is NC(=O)c1ccc(OCC(=O)Nc2ccccc2SCc2ccccc2)cc1. The molecule has 0 aliphatic rings. The molecule has 0 saturated carbocycles. The molecule has 0 atom stereocenters. The summed E-state index contributed by atoms with van der Waals surface area (Å²) in [5.41, 5.74) is 7.56. The van der Waals surface area contributed by atoms with Crippen molar-refractivity contribution in [1.29, 1.82) is 0 Å². The number of thioether (sulfide) groups is 1. The number of ether oxygens (including phenoxy) is 1. The summed E-state index contributed by atoms with van der Waals surface area (Å²) in [6.07, 6.45) is 0. The lowest BCUT2D eigenvalue weighted by Gasteiger charge is -2.11. The zero-order chi connectivity index (χ0) is 19.8. The van der Waals surface area contributed by atoms with E-state index in [4.69, 9.17) is 10.5 Å². The van der Waals surface area contributed by atoms with Crippen molar-refractivity contribution in [3.63, 3.8) is 0 Å². The third-order valence-electron chi connectivity index (χ3n) is 3.91. The smallest absolute Gasteiger partial charge is 0.262 e. The van der Waals surface area contributed by atoms with E-state index < -0.39 is 5.91 Å². The second kappa shape index (κ2) is 9.62. The molecule has 3 rings (SSSR count). The Hall–Kier alpha value is -3.25. The average Bonchev–Trinajstić information content (AvgIpc) is 2.72. The third-order valence-corrected chi connectivity index (χ3v) is 5.05. The van der Waals surface area contributed by atoms with Crippen molar-refractivity contribution in [3.05, 3.63) is 90.0 Å². The molecule has 0 spiro atoms. The maximum atomic E-state index is 12.3. The molecule has 0 aromatic heterocycles. The van der Waals surface area contributed by atoms with Crippen molar-refractivity contribution in [2.24, 2.45) is 5.73 Å². The Morgan fingerprint density at radius 3 is 2.29 bits per heavy atom. The predicted molar refractivity (Wildman–Crippen MR) is 112 cm³/mol. The van der Waals surface area contributed by atoms with Crippen LogP contribution in [0.15, 0.2) is 83.8 Å². The fourth-order valence-corrected chi connectivity index (χ4v) is 3.45. The largest absolute Gasteiger partial charge is 0.484 e. The van der Waals surface area contributed by atoms with E-state index in [9.17, 15) is 9.59 Å². The molecule has 3 aromatic carbocycles. The van der Waals surface area contributed by atoms with Crippen LogP contribution in [0.25, 0.3) is 0 Å². The Morgan fingerprint density at radius 1 is 0.893 bits per heavy atom. The Kier molecular flexibility index (Phi) is 6.70. The number of hydrogen-bond acceptors (Lipinski definition) is 4. The van der Waals surface area contributed by atoms with Gasteiger partial charge in [-0.15, -0.1) is 11.8 Å². The topological polar surface area (TPSA) is 81.4 Å². The summed E-state index contributed by atoms with van der Waals surface area (Å²) in [6.45, 7) is -0.131. The van der Waals surface area contributed by atoms with Crippen LogP contribution in [0, 0.1) is 0 Å². The first kappa shape index (κ1) is 19.5. The predicted octanol–water partition coefficient (Wildman–Crippen LogP) is 4.10. The number of amides is 2. The van der Waals surface area contributed by atoms with Crippen molar-refractivity contribution < 1.29 is 14.3 Å². The van der Waals surface area contributed by atoms with Crippen LogP contribution >= 0.6 is 11.8 Å². The molecule has 0 heterocycles. The molecule has 6 heteroatoms. The summed E-state index contributed by atoms with van der Waals surface area (Å²) in [7, 11) is 0. The zero-order valence-corrected chi connectivity index (χ0v) is 15.9. The molecule has 142 valence electrons. The molecule has 0 aliphatic heterocycles. The van der Waals surface area contributed by atoms with E-state index in [0.29, 0.717) is 11.3 Å². The van der Waals surface area contributed by atoms with Gasteiger partial charge in [0.25, 0.3) is 5.91 Å². The summed E-state index contributed by atoms with van der Waals surface area (Å²) in [5, 5.41) is 2.89. The fraction of sp³-hybridized carbons (Fsp3) is 0.0909. The molecule has 0 saturated heterocycles. The Labute approximate surface area is 167 Å². The summed E-state index contributed by atoms with van der Waals surface area (Å²) in [4.78, 5) is 24.3. The molecule has 0 aliphatic carbocycles. The number of nitrogens with two attached hydrogens (primary N) is 1. The quantitative estimate of drug-likeness (QED) is 0.566. The molecule has 0 bridgehead atoms. The Bertz CT molecular complexity index is 944. The first-order chi connectivity index (χ1) is 13.6. The van der Waals surface area contributed by atoms with Gasteiger partial charge in [-0.25, -0.2) is 0 Å². The highest BCUT2D eigenvalue weighted by molar-refractivity contribution is 7.98. The number of nitrogens with one attached hydrogen (secondary N) is 1. The van der Waals surface area contributed by atoms with E-state index in [1.807, 2.05) is 42.5 Å². The van der Waals surface area contributed by atoms with Crippen LogP contribution < -0.4 is 15.8 Å². The van der Waals surface area contributed by atoms with Gasteiger partial charge in [-0.3, -0.25) is 9.59 Å². The van der Waals surface area contributed by atoms with E-state index in [1.165, 1.54) is 5.56 Å². The summed E-state index contributed by atoms with van der Waals surface area (Å²) < 4.78 is 5.47. The van der Waals surface area contributed by atoms with Gasteiger partial charge in [0.05, 0.1) is 5.69 Å². The number of benzene rings is 3. The van der Waals surface area contributed by atoms with Gasteiger partial charge < -0.3 is 15.8 Å². The summed E-state index contributed by atoms with van der Waals surface area (Å²) in [5.74, 6) is 0.545. The number of hydrogen-bond donors (Lipinski definition) is 2. The summed E-state index contributed by atoms with van der Waals surface area (Å²) in [6, 6.07) is 24.2. The highest BCUT2D eigenvalue weighted by atomic mass is 32.2. The van der Waals surface area contributed by atoms with Crippen LogP contribution in [0.4, 0.5) is 5.69 Å². The number of primary amides is 1. The van der Waals surface area contributed by atoms with E-state index in [2.05, 4.69) is 17.4 Å². The van der Waals surface area contributed by atoms with Crippen LogP contribution in [-0.4, -0.2) is 18.4 Å². The minimum absolute atomic E-state index is 0.131. The van der Waals surface area contributed by atoms with Gasteiger partial charge in [0.1, 0.15) is 5.75 Å². The van der Waals surface area contributed by atoms with Gasteiger partial charge in [-0.05, 0) is 42.0 Å². The first-order valence-electron chi connectivity index (χ1n) is 8.70. The van der Waals surface area contributed by atoms with E-state index >= 15 is 0 Å². The molecule has 3 aromatic rings. The summed E-state index contributed by atoms with van der Waals surface area (Å²) >= 11 is 1.66. The van der Waals surface area contributed by atoms with Gasteiger partial charge in [-0.2, -0.15) is 0 Å². The molecule has 0 unspecified atom stereocenters. The second-order valence-corrected chi connectivity index (χ2v) is 7.01. The lowest BCUT2D eigenvalue weighted by Crippen LogP contribution is -2.20. The third kappa shape index (κ3) is 5.62. The zero-order valence-electron chi connectivity index (χ0n) is 15.1. The fourth-order valence-electron chi connectivity index (χ4n) is 2.48. The number of carbonyl (C=O) groups excluding carboxylic acids is 2. The normalized spacial score (nSPS) is 10.3. The van der Waals surface area contributed by atoms with Crippen molar-refractivity contribution >= 4 is 29.3 Å². The highest BCUT2D eigenvalue weighted by Gasteiger charge is 2.09. The number of para-hydroxylation sites is 1. The maximum Gasteiger partial charge on any atom is 0.262 e. The number of anilines is 1. The van der Waals surface area contributed by atoms with Gasteiger partial charge in [0, 0.05) is 16.2 Å².